The van der Waals surface area contributed by atoms with Crippen LogP contribution in [0, 0.1) is 12.7 Å². The lowest BCUT2D eigenvalue weighted by Gasteiger charge is -2.10. The molecule has 22 heavy (non-hydrogen) atoms. The molecular formula is C17H17FO4. The van der Waals surface area contributed by atoms with Crippen LogP contribution in [-0.2, 0) is 6.42 Å². The van der Waals surface area contributed by atoms with Crippen LogP contribution >= 0.6 is 0 Å². The molecule has 0 unspecified atom stereocenters. The van der Waals surface area contributed by atoms with Gasteiger partial charge in [0.05, 0.1) is 5.56 Å². The number of aromatic hydroxyl groups is 2. The molecule has 2 rings (SSSR count). The van der Waals surface area contributed by atoms with E-state index in [1.165, 1.54) is 18.2 Å². The number of carbonyl (C=O) groups is 1. The first kappa shape index (κ1) is 15.8. The summed E-state index contributed by atoms with van der Waals surface area (Å²) in [6.45, 7) is 3.17. The third-order valence-corrected chi connectivity index (χ3v) is 3.32. The maximum atomic E-state index is 13.6. The van der Waals surface area contributed by atoms with Gasteiger partial charge in [0.15, 0.2) is 18.2 Å². The Bertz CT molecular complexity index is 710. The van der Waals surface area contributed by atoms with Gasteiger partial charge in [0.1, 0.15) is 11.5 Å². The van der Waals surface area contributed by atoms with Crippen molar-refractivity contribution in [3.8, 4) is 17.2 Å². The molecule has 0 aliphatic heterocycles. The summed E-state index contributed by atoms with van der Waals surface area (Å²) in [5.41, 5.74) is 1.34. The molecule has 5 heteroatoms. The molecule has 2 aromatic carbocycles. The predicted octanol–water partition coefficient (Wildman–Crippen LogP) is 3.37. The van der Waals surface area contributed by atoms with E-state index in [-0.39, 0.29) is 22.8 Å². The second kappa shape index (κ2) is 6.47. The lowest BCUT2D eigenvalue weighted by molar-refractivity contribution is 0.0916. The third-order valence-electron chi connectivity index (χ3n) is 3.32. The Morgan fingerprint density at radius 3 is 2.55 bits per heavy atom. The lowest BCUT2D eigenvalue weighted by Crippen LogP contribution is -2.13. The number of ketones is 1. The van der Waals surface area contributed by atoms with Crippen molar-refractivity contribution in [3.05, 3.63) is 52.8 Å². The summed E-state index contributed by atoms with van der Waals surface area (Å²) in [5.74, 6) is -1.45. The van der Waals surface area contributed by atoms with Gasteiger partial charge in [-0.2, -0.15) is 0 Å². The summed E-state index contributed by atoms with van der Waals surface area (Å²) in [6, 6.07) is 6.98. The van der Waals surface area contributed by atoms with Crippen LogP contribution in [0.25, 0.3) is 0 Å². The number of carbonyl (C=O) groups excluding carboxylic acids is 1. The maximum Gasteiger partial charge on any atom is 0.203 e. The molecule has 0 saturated carbocycles. The molecule has 4 nitrogen and oxygen atoms in total. The highest BCUT2D eigenvalue weighted by atomic mass is 19.1. The molecule has 0 bridgehead atoms. The minimum absolute atomic E-state index is 0.0204. The number of ether oxygens (including phenoxy) is 1. The molecule has 0 spiro atoms. The van der Waals surface area contributed by atoms with Gasteiger partial charge >= 0.3 is 0 Å². The SMILES string of the molecule is CCc1cc(C(=O)COc2ccc(C)cc2F)c(O)cc1O. The molecule has 0 aliphatic carbocycles. The van der Waals surface area contributed by atoms with Gasteiger partial charge in [-0.05, 0) is 42.7 Å². The predicted molar refractivity (Wildman–Crippen MR) is 80.1 cm³/mol. The number of aryl methyl sites for hydroxylation is 2. The average Bonchev–Trinajstić information content (AvgIpc) is 2.46. The van der Waals surface area contributed by atoms with Crippen LogP contribution in [0.3, 0.4) is 0 Å². The number of phenolic OH excluding ortho intramolecular Hbond substituents is 2. The van der Waals surface area contributed by atoms with Gasteiger partial charge < -0.3 is 14.9 Å². The van der Waals surface area contributed by atoms with Gasteiger partial charge in [0.2, 0.25) is 5.78 Å². The first-order valence-corrected chi connectivity index (χ1v) is 6.89. The largest absolute Gasteiger partial charge is 0.508 e. The molecule has 0 aromatic heterocycles. The van der Waals surface area contributed by atoms with E-state index in [1.54, 1.807) is 13.0 Å². The smallest absolute Gasteiger partial charge is 0.203 e. The van der Waals surface area contributed by atoms with Crippen LogP contribution in [0.2, 0.25) is 0 Å². The van der Waals surface area contributed by atoms with Crippen molar-refractivity contribution in [3.63, 3.8) is 0 Å². The van der Waals surface area contributed by atoms with E-state index in [0.29, 0.717) is 12.0 Å². The Labute approximate surface area is 127 Å². The fourth-order valence-electron chi connectivity index (χ4n) is 2.07. The van der Waals surface area contributed by atoms with Crippen LogP contribution in [0.1, 0.15) is 28.4 Å². The summed E-state index contributed by atoms with van der Waals surface area (Å²) in [6.07, 6.45) is 0.514. The minimum Gasteiger partial charge on any atom is -0.508 e. The molecule has 0 heterocycles. The molecule has 0 amide bonds. The molecule has 0 radical (unpaired) electrons. The molecule has 2 aromatic rings. The van der Waals surface area contributed by atoms with E-state index in [9.17, 15) is 19.4 Å². The Balaban J connectivity index is 2.16. The van der Waals surface area contributed by atoms with Crippen LogP contribution in [0.15, 0.2) is 30.3 Å². The Morgan fingerprint density at radius 2 is 1.91 bits per heavy atom. The Kier molecular flexibility index (Phi) is 4.65. The average molecular weight is 304 g/mol. The third kappa shape index (κ3) is 3.36. The van der Waals surface area contributed by atoms with E-state index < -0.39 is 18.2 Å². The molecular weight excluding hydrogens is 287 g/mol. The van der Waals surface area contributed by atoms with E-state index in [4.69, 9.17) is 4.74 Å². The van der Waals surface area contributed by atoms with Gasteiger partial charge in [-0.3, -0.25) is 4.79 Å². The first-order chi connectivity index (χ1) is 10.4. The molecule has 0 atom stereocenters. The van der Waals surface area contributed by atoms with Crippen LogP contribution in [-0.4, -0.2) is 22.6 Å². The zero-order valence-electron chi connectivity index (χ0n) is 12.4. The highest BCUT2D eigenvalue weighted by Crippen LogP contribution is 2.28. The van der Waals surface area contributed by atoms with Gasteiger partial charge in [-0.1, -0.05) is 13.0 Å². The van der Waals surface area contributed by atoms with E-state index in [1.807, 2.05) is 6.92 Å². The molecule has 116 valence electrons. The highest BCUT2D eigenvalue weighted by Gasteiger charge is 2.16. The zero-order chi connectivity index (χ0) is 16.3. The first-order valence-electron chi connectivity index (χ1n) is 6.89. The highest BCUT2D eigenvalue weighted by molar-refractivity contribution is 6.00. The molecule has 0 aliphatic rings. The van der Waals surface area contributed by atoms with Crippen LogP contribution in [0.4, 0.5) is 4.39 Å². The lowest BCUT2D eigenvalue weighted by atomic mass is 10.0. The van der Waals surface area contributed by atoms with Crippen molar-refractivity contribution >= 4 is 5.78 Å². The van der Waals surface area contributed by atoms with E-state index >= 15 is 0 Å². The fraction of sp³-hybridized carbons (Fsp3) is 0.235. The zero-order valence-corrected chi connectivity index (χ0v) is 12.4. The van der Waals surface area contributed by atoms with Gasteiger partial charge in [-0.25, -0.2) is 4.39 Å². The van der Waals surface area contributed by atoms with Gasteiger partial charge in [0.25, 0.3) is 0 Å². The van der Waals surface area contributed by atoms with Crippen LogP contribution in [0.5, 0.6) is 17.2 Å². The van der Waals surface area contributed by atoms with Crippen molar-refractivity contribution in [2.45, 2.75) is 20.3 Å². The monoisotopic (exact) mass is 304 g/mol. The van der Waals surface area contributed by atoms with Gasteiger partial charge in [-0.15, -0.1) is 0 Å². The topological polar surface area (TPSA) is 66.8 Å². The number of hydrogen-bond donors (Lipinski definition) is 2. The van der Waals surface area contributed by atoms with Crippen molar-refractivity contribution in [1.82, 2.24) is 0 Å². The summed E-state index contributed by atoms with van der Waals surface area (Å²) >= 11 is 0. The number of halogens is 1. The van der Waals surface area contributed by atoms with Crippen molar-refractivity contribution in [1.29, 1.82) is 0 Å². The standard InChI is InChI=1S/C17H17FO4/c1-3-11-7-12(15(20)8-14(11)19)16(21)9-22-17-5-4-10(2)6-13(17)18/h4-8,19-20H,3,9H2,1-2H3. The summed E-state index contributed by atoms with van der Waals surface area (Å²) < 4.78 is 18.8. The summed E-state index contributed by atoms with van der Waals surface area (Å²) in [7, 11) is 0. The van der Waals surface area contributed by atoms with E-state index in [0.717, 1.165) is 11.6 Å². The second-order valence-corrected chi connectivity index (χ2v) is 5.00. The van der Waals surface area contributed by atoms with Crippen molar-refractivity contribution in [2.24, 2.45) is 0 Å². The minimum atomic E-state index is -0.544. The Hall–Kier alpha value is -2.56. The van der Waals surface area contributed by atoms with Gasteiger partial charge in [0, 0.05) is 6.07 Å². The van der Waals surface area contributed by atoms with E-state index in [2.05, 4.69) is 0 Å². The number of hydrogen-bond acceptors (Lipinski definition) is 4. The fourth-order valence-corrected chi connectivity index (χ4v) is 2.07. The summed E-state index contributed by atoms with van der Waals surface area (Å²) in [5, 5.41) is 19.4. The number of phenols is 2. The molecule has 0 saturated heterocycles. The number of rotatable bonds is 5. The molecule has 2 N–H and O–H groups in total. The normalized spacial score (nSPS) is 10.5. The summed E-state index contributed by atoms with van der Waals surface area (Å²) in [4.78, 5) is 12.1. The van der Waals surface area contributed by atoms with Crippen molar-refractivity contribution < 1.29 is 24.1 Å². The molecule has 0 fully saturated rings. The van der Waals surface area contributed by atoms with Crippen LogP contribution < -0.4 is 4.74 Å². The maximum absolute atomic E-state index is 13.6. The number of Topliss-reactive ketones (excluding diaryl/α,β-unsaturated/α-hetero) is 1. The second-order valence-electron chi connectivity index (χ2n) is 5.00. The quantitative estimate of drug-likeness (QED) is 0.831. The van der Waals surface area contributed by atoms with Crippen molar-refractivity contribution in [2.75, 3.05) is 6.61 Å². The number of benzene rings is 2. The Morgan fingerprint density at radius 1 is 1.18 bits per heavy atom.